The van der Waals surface area contributed by atoms with Gasteiger partial charge in [0.25, 0.3) is 10.0 Å². The van der Waals surface area contributed by atoms with Crippen molar-refractivity contribution in [2.75, 3.05) is 13.1 Å². The van der Waals surface area contributed by atoms with Crippen LogP contribution in [0.15, 0.2) is 16.3 Å². The number of thiocarbonyl (C=S) groups is 1. The number of nitrogens with zero attached hydrogens (tertiary/aromatic N) is 1. The third-order valence-corrected chi connectivity index (χ3v) is 7.11. The van der Waals surface area contributed by atoms with Crippen LogP contribution in [-0.4, -0.2) is 42.8 Å². The maximum atomic E-state index is 12.5. The quantitative estimate of drug-likeness (QED) is 0.781. The van der Waals surface area contributed by atoms with Gasteiger partial charge in [0.15, 0.2) is 0 Å². The molecule has 1 aliphatic heterocycles. The maximum absolute atomic E-state index is 12.5. The van der Waals surface area contributed by atoms with Crippen molar-refractivity contribution in [3.05, 3.63) is 17.0 Å². The van der Waals surface area contributed by atoms with Gasteiger partial charge < -0.3 is 11.1 Å². The number of carbonyl (C=O) groups is 1. The predicted octanol–water partition coefficient (Wildman–Crippen LogP) is 0.672. The molecular weight excluding hydrogens is 330 g/mol. The number of nitrogens with two attached hydrogens (primary N) is 1. The molecule has 1 fully saturated rings. The van der Waals surface area contributed by atoms with Gasteiger partial charge in [-0.15, -0.1) is 11.3 Å². The summed E-state index contributed by atoms with van der Waals surface area (Å²) < 4.78 is 26.7. The molecule has 0 saturated carbocycles. The van der Waals surface area contributed by atoms with Crippen molar-refractivity contribution >= 4 is 44.5 Å². The van der Waals surface area contributed by atoms with E-state index < -0.39 is 10.0 Å². The Balaban J connectivity index is 2.07. The van der Waals surface area contributed by atoms with Crippen LogP contribution in [0.25, 0.3) is 0 Å². The van der Waals surface area contributed by atoms with Gasteiger partial charge >= 0.3 is 0 Å². The Labute approximate surface area is 133 Å². The van der Waals surface area contributed by atoms with Crippen LogP contribution < -0.4 is 11.1 Å². The van der Waals surface area contributed by atoms with E-state index in [1.807, 2.05) is 0 Å². The molecule has 0 atom stereocenters. The number of hydrogen-bond acceptors (Lipinski definition) is 5. The van der Waals surface area contributed by atoms with Crippen LogP contribution in [0.1, 0.15) is 24.6 Å². The first kappa shape index (κ1) is 16.3. The SMILES string of the molecule is CC(=O)NC1CCN(S(=O)(=O)c2ccc(C(N)=S)s2)CC1. The molecule has 3 N–H and O–H groups in total. The molecule has 0 bridgehead atoms. The van der Waals surface area contributed by atoms with Gasteiger partial charge in [-0.1, -0.05) is 12.2 Å². The summed E-state index contributed by atoms with van der Waals surface area (Å²) in [7, 11) is -3.50. The highest BCUT2D eigenvalue weighted by molar-refractivity contribution is 7.91. The molecule has 2 rings (SSSR count). The second-order valence-corrected chi connectivity index (χ2v) is 8.55. The van der Waals surface area contributed by atoms with Crippen LogP contribution in [0.5, 0.6) is 0 Å². The van der Waals surface area contributed by atoms with Crippen molar-refractivity contribution < 1.29 is 13.2 Å². The number of hydrogen-bond donors (Lipinski definition) is 2. The fourth-order valence-corrected chi connectivity index (χ4v) is 5.22. The van der Waals surface area contributed by atoms with Crippen LogP contribution in [0.4, 0.5) is 0 Å². The average molecular weight is 347 g/mol. The number of nitrogens with one attached hydrogen (secondary N) is 1. The van der Waals surface area contributed by atoms with Gasteiger partial charge in [0, 0.05) is 26.1 Å². The van der Waals surface area contributed by atoms with Crippen molar-refractivity contribution in [3.63, 3.8) is 0 Å². The van der Waals surface area contributed by atoms with E-state index in [4.69, 9.17) is 18.0 Å². The highest BCUT2D eigenvalue weighted by Gasteiger charge is 2.30. The predicted molar refractivity (Wildman–Crippen MR) is 85.8 cm³/mol. The van der Waals surface area contributed by atoms with Gasteiger partial charge in [-0.05, 0) is 25.0 Å². The van der Waals surface area contributed by atoms with E-state index in [1.54, 1.807) is 6.07 Å². The van der Waals surface area contributed by atoms with Crippen LogP contribution in [0.2, 0.25) is 0 Å². The molecule has 6 nitrogen and oxygen atoms in total. The summed E-state index contributed by atoms with van der Waals surface area (Å²) in [6.07, 6.45) is 1.23. The minimum atomic E-state index is -3.50. The zero-order valence-electron chi connectivity index (χ0n) is 11.5. The lowest BCUT2D eigenvalue weighted by Gasteiger charge is -2.31. The second kappa shape index (κ2) is 6.39. The van der Waals surface area contributed by atoms with E-state index in [2.05, 4.69) is 5.32 Å². The maximum Gasteiger partial charge on any atom is 0.252 e. The summed E-state index contributed by atoms with van der Waals surface area (Å²) in [6.45, 7) is 2.26. The number of carbonyl (C=O) groups excluding carboxylic acids is 1. The number of piperidine rings is 1. The first-order chi connectivity index (χ1) is 9.80. The summed E-state index contributed by atoms with van der Waals surface area (Å²) in [6, 6.07) is 3.21. The molecule has 0 aromatic carbocycles. The number of sulfonamides is 1. The van der Waals surface area contributed by atoms with Crippen molar-refractivity contribution in [3.8, 4) is 0 Å². The zero-order valence-corrected chi connectivity index (χ0v) is 14.0. The van der Waals surface area contributed by atoms with Crippen LogP contribution in [0, 0.1) is 0 Å². The van der Waals surface area contributed by atoms with Gasteiger partial charge in [-0.25, -0.2) is 8.42 Å². The third kappa shape index (κ3) is 3.79. The largest absolute Gasteiger partial charge is 0.389 e. The van der Waals surface area contributed by atoms with E-state index in [9.17, 15) is 13.2 Å². The monoisotopic (exact) mass is 347 g/mol. The molecule has 0 spiro atoms. The van der Waals surface area contributed by atoms with Crippen LogP contribution >= 0.6 is 23.6 Å². The molecule has 9 heteroatoms. The van der Waals surface area contributed by atoms with Crippen molar-refractivity contribution in [1.82, 2.24) is 9.62 Å². The Bertz CT molecular complexity index is 646. The highest BCUT2D eigenvalue weighted by atomic mass is 32.2. The lowest BCUT2D eigenvalue weighted by atomic mass is 10.1. The summed E-state index contributed by atoms with van der Waals surface area (Å²) in [5.74, 6) is -0.0873. The molecule has 2 heterocycles. The Morgan fingerprint density at radius 2 is 2.05 bits per heavy atom. The van der Waals surface area contributed by atoms with Crippen LogP contribution in [-0.2, 0) is 14.8 Å². The minimum Gasteiger partial charge on any atom is -0.389 e. The van der Waals surface area contributed by atoms with Crippen molar-refractivity contribution in [1.29, 1.82) is 0 Å². The van der Waals surface area contributed by atoms with Gasteiger partial charge in [-0.2, -0.15) is 4.31 Å². The molecule has 1 saturated heterocycles. The van der Waals surface area contributed by atoms with Crippen molar-refractivity contribution in [2.45, 2.75) is 30.0 Å². The normalized spacial score (nSPS) is 17.6. The summed E-state index contributed by atoms with van der Waals surface area (Å²) >= 11 is 5.94. The summed E-state index contributed by atoms with van der Waals surface area (Å²) in [5, 5.41) is 2.82. The lowest BCUT2D eigenvalue weighted by Crippen LogP contribution is -2.45. The van der Waals surface area contributed by atoms with E-state index in [0.29, 0.717) is 30.8 Å². The zero-order chi connectivity index (χ0) is 15.6. The molecular formula is C12H17N3O3S3. The molecule has 21 heavy (non-hydrogen) atoms. The number of thiophene rings is 1. The molecule has 1 aliphatic rings. The smallest absolute Gasteiger partial charge is 0.252 e. The first-order valence-corrected chi connectivity index (χ1v) is 9.14. The molecule has 1 aromatic rings. The van der Waals surface area contributed by atoms with Crippen LogP contribution in [0.3, 0.4) is 0 Å². The van der Waals surface area contributed by atoms with Gasteiger partial charge in [0.05, 0.1) is 4.88 Å². The average Bonchev–Trinajstić information content (AvgIpc) is 2.89. The fraction of sp³-hybridized carbons (Fsp3) is 0.500. The molecule has 116 valence electrons. The number of amides is 1. The Kier molecular flexibility index (Phi) is 4.97. The molecule has 0 radical (unpaired) electrons. The highest BCUT2D eigenvalue weighted by Crippen LogP contribution is 2.27. The van der Waals surface area contributed by atoms with E-state index in [-0.39, 0.29) is 21.1 Å². The number of rotatable bonds is 4. The third-order valence-electron chi connectivity index (χ3n) is 3.28. The Morgan fingerprint density at radius 1 is 1.43 bits per heavy atom. The van der Waals surface area contributed by atoms with Gasteiger partial charge in [0.1, 0.15) is 9.20 Å². The molecule has 0 unspecified atom stereocenters. The lowest BCUT2D eigenvalue weighted by molar-refractivity contribution is -0.119. The fourth-order valence-electron chi connectivity index (χ4n) is 2.25. The minimum absolute atomic E-state index is 0.0458. The second-order valence-electron chi connectivity index (χ2n) is 4.86. The Hall–Kier alpha value is -1.03. The van der Waals surface area contributed by atoms with Gasteiger partial charge in [0.2, 0.25) is 5.91 Å². The summed E-state index contributed by atoms with van der Waals surface area (Å²) in [5.41, 5.74) is 5.51. The van der Waals surface area contributed by atoms with E-state index in [0.717, 1.165) is 11.3 Å². The van der Waals surface area contributed by atoms with Crippen molar-refractivity contribution in [2.24, 2.45) is 5.73 Å². The van der Waals surface area contributed by atoms with E-state index in [1.165, 1.54) is 17.3 Å². The standard InChI is InChI=1S/C12H17N3O3S3/c1-8(16)14-9-4-6-15(7-5-9)21(17,18)11-3-2-10(20-11)12(13)19/h2-3,9H,4-7H2,1H3,(H2,13,19)(H,14,16). The molecule has 1 amide bonds. The topological polar surface area (TPSA) is 92.5 Å². The summed E-state index contributed by atoms with van der Waals surface area (Å²) in [4.78, 5) is 11.8. The Morgan fingerprint density at radius 3 is 2.52 bits per heavy atom. The van der Waals surface area contributed by atoms with E-state index >= 15 is 0 Å². The van der Waals surface area contributed by atoms with Gasteiger partial charge in [-0.3, -0.25) is 4.79 Å². The molecule has 1 aromatic heterocycles. The molecule has 0 aliphatic carbocycles. The first-order valence-electron chi connectivity index (χ1n) is 6.47.